The summed E-state index contributed by atoms with van der Waals surface area (Å²) >= 11 is 1.43. The zero-order valence-corrected chi connectivity index (χ0v) is 15.0. The normalized spacial score (nSPS) is 11.3. The summed E-state index contributed by atoms with van der Waals surface area (Å²) < 4.78 is 1.92. The van der Waals surface area contributed by atoms with Crippen molar-refractivity contribution in [3.63, 3.8) is 0 Å². The molecule has 124 valence electrons. The lowest BCUT2D eigenvalue weighted by Gasteiger charge is -2.09. The second-order valence-corrected chi connectivity index (χ2v) is 6.63. The Morgan fingerprint density at radius 1 is 1.20 bits per heavy atom. The minimum Gasteiger partial charge on any atom is -0.305 e. The average molecular weight is 346 g/mol. The van der Waals surface area contributed by atoms with Gasteiger partial charge < -0.3 is 4.57 Å². The smallest absolute Gasteiger partial charge is 0.279 e. The molecule has 0 fully saturated rings. The van der Waals surface area contributed by atoms with Crippen molar-refractivity contribution in [2.24, 2.45) is 4.99 Å². The van der Waals surface area contributed by atoms with Gasteiger partial charge in [-0.25, -0.2) is 0 Å². The molecular formula is C21H18N2OS. The van der Waals surface area contributed by atoms with E-state index in [0.717, 1.165) is 11.3 Å². The molecule has 3 aromatic rings. The molecule has 4 heteroatoms. The SMILES string of the molecule is C#CCn1c(-c2ccc(C)cc2C)cs/c1=N\C(=O)c1ccccc1. The van der Waals surface area contributed by atoms with E-state index in [9.17, 15) is 4.79 Å². The molecule has 2 aromatic carbocycles. The summed E-state index contributed by atoms with van der Waals surface area (Å²) in [6.45, 7) is 4.51. The second kappa shape index (κ2) is 7.33. The van der Waals surface area contributed by atoms with Crippen LogP contribution in [0.25, 0.3) is 11.3 Å². The Bertz CT molecular complexity index is 1020. The number of thiazole rings is 1. The third kappa shape index (κ3) is 3.62. The molecule has 3 rings (SSSR count). The molecule has 0 N–H and O–H groups in total. The Morgan fingerprint density at radius 2 is 1.96 bits per heavy atom. The molecule has 0 aliphatic heterocycles. The van der Waals surface area contributed by atoms with Crippen LogP contribution >= 0.6 is 11.3 Å². The summed E-state index contributed by atoms with van der Waals surface area (Å²) in [4.78, 5) is 17.3. The number of aryl methyl sites for hydroxylation is 2. The third-order valence-electron chi connectivity index (χ3n) is 3.92. The number of nitrogens with zero attached hydrogens (tertiary/aromatic N) is 2. The fraction of sp³-hybridized carbons (Fsp3) is 0.143. The molecule has 0 radical (unpaired) electrons. The Morgan fingerprint density at radius 3 is 2.64 bits per heavy atom. The summed E-state index contributed by atoms with van der Waals surface area (Å²) in [6, 6.07) is 15.3. The van der Waals surface area contributed by atoms with Gasteiger partial charge in [0.25, 0.3) is 5.91 Å². The first-order chi connectivity index (χ1) is 12.1. The van der Waals surface area contributed by atoms with Crippen molar-refractivity contribution in [3.8, 4) is 23.6 Å². The van der Waals surface area contributed by atoms with Crippen molar-refractivity contribution in [2.45, 2.75) is 20.4 Å². The van der Waals surface area contributed by atoms with E-state index in [2.05, 4.69) is 43.0 Å². The molecule has 0 saturated heterocycles. The molecular weight excluding hydrogens is 328 g/mol. The second-order valence-electron chi connectivity index (χ2n) is 5.80. The molecule has 1 aromatic heterocycles. The zero-order chi connectivity index (χ0) is 17.8. The maximum atomic E-state index is 12.4. The number of rotatable bonds is 3. The van der Waals surface area contributed by atoms with E-state index in [-0.39, 0.29) is 5.91 Å². The predicted molar refractivity (Wildman–Crippen MR) is 102 cm³/mol. The Balaban J connectivity index is 2.11. The zero-order valence-electron chi connectivity index (χ0n) is 14.2. The van der Waals surface area contributed by atoms with Gasteiger partial charge in [-0.1, -0.05) is 47.9 Å². The first-order valence-corrected chi connectivity index (χ1v) is 8.81. The van der Waals surface area contributed by atoms with Crippen LogP contribution in [-0.4, -0.2) is 10.5 Å². The van der Waals surface area contributed by atoms with Gasteiger partial charge in [-0.05, 0) is 31.5 Å². The maximum Gasteiger partial charge on any atom is 0.279 e. The monoisotopic (exact) mass is 346 g/mol. The van der Waals surface area contributed by atoms with Crippen LogP contribution in [0.3, 0.4) is 0 Å². The number of hydrogen-bond acceptors (Lipinski definition) is 2. The Kier molecular flexibility index (Phi) is 4.97. The van der Waals surface area contributed by atoms with Crippen LogP contribution in [0.15, 0.2) is 58.9 Å². The number of amides is 1. The van der Waals surface area contributed by atoms with Gasteiger partial charge in [-0.2, -0.15) is 4.99 Å². The van der Waals surface area contributed by atoms with E-state index >= 15 is 0 Å². The van der Waals surface area contributed by atoms with Gasteiger partial charge in [0.15, 0.2) is 4.80 Å². The van der Waals surface area contributed by atoms with E-state index in [1.54, 1.807) is 12.1 Å². The maximum absolute atomic E-state index is 12.4. The van der Waals surface area contributed by atoms with Crippen LogP contribution in [-0.2, 0) is 6.54 Å². The predicted octanol–water partition coefficient (Wildman–Crippen LogP) is 4.21. The van der Waals surface area contributed by atoms with Crippen molar-refractivity contribution >= 4 is 17.2 Å². The van der Waals surface area contributed by atoms with Crippen LogP contribution in [0, 0.1) is 26.2 Å². The highest BCUT2D eigenvalue weighted by Gasteiger charge is 2.11. The van der Waals surface area contributed by atoms with Gasteiger partial charge in [0, 0.05) is 16.5 Å². The quantitative estimate of drug-likeness (QED) is 0.654. The van der Waals surface area contributed by atoms with Crippen molar-refractivity contribution in [3.05, 3.63) is 75.4 Å². The highest BCUT2D eigenvalue weighted by atomic mass is 32.1. The molecule has 25 heavy (non-hydrogen) atoms. The Labute approximate surface area is 151 Å². The lowest BCUT2D eigenvalue weighted by Crippen LogP contribution is -2.17. The first kappa shape index (κ1) is 16.9. The van der Waals surface area contributed by atoms with E-state index in [4.69, 9.17) is 6.42 Å². The number of benzene rings is 2. The largest absolute Gasteiger partial charge is 0.305 e. The lowest BCUT2D eigenvalue weighted by atomic mass is 10.0. The summed E-state index contributed by atoms with van der Waals surface area (Å²) in [5, 5.41) is 2.01. The van der Waals surface area contributed by atoms with Gasteiger partial charge in [0.1, 0.15) is 0 Å². The van der Waals surface area contributed by atoms with Gasteiger partial charge in [0.05, 0.1) is 12.2 Å². The Hall–Kier alpha value is -2.90. The minimum absolute atomic E-state index is 0.264. The third-order valence-corrected chi connectivity index (χ3v) is 4.79. The molecule has 3 nitrogen and oxygen atoms in total. The van der Waals surface area contributed by atoms with Crippen LogP contribution < -0.4 is 4.80 Å². The molecule has 1 heterocycles. The molecule has 0 bridgehead atoms. The van der Waals surface area contributed by atoms with Gasteiger partial charge in [-0.15, -0.1) is 17.8 Å². The summed E-state index contributed by atoms with van der Waals surface area (Å²) in [5.41, 5.74) is 5.04. The fourth-order valence-corrected chi connectivity index (χ4v) is 3.61. The number of carbonyl (C=O) groups excluding carboxylic acids is 1. The highest BCUT2D eigenvalue weighted by Crippen LogP contribution is 2.24. The lowest BCUT2D eigenvalue weighted by molar-refractivity contribution is 0.0998. The van der Waals surface area contributed by atoms with Gasteiger partial charge in [-0.3, -0.25) is 4.79 Å². The molecule has 0 saturated carbocycles. The topological polar surface area (TPSA) is 34.4 Å². The molecule has 0 atom stereocenters. The van der Waals surface area contributed by atoms with Crippen LogP contribution in [0.2, 0.25) is 0 Å². The van der Waals surface area contributed by atoms with Crippen LogP contribution in [0.5, 0.6) is 0 Å². The summed E-state index contributed by atoms with van der Waals surface area (Å²) in [7, 11) is 0. The highest BCUT2D eigenvalue weighted by molar-refractivity contribution is 7.07. The van der Waals surface area contributed by atoms with E-state index in [1.165, 1.54) is 22.5 Å². The first-order valence-electron chi connectivity index (χ1n) is 7.93. The average Bonchev–Trinajstić information content (AvgIpc) is 2.98. The minimum atomic E-state index is -0.264. The van der Waals surface area contributed by atoms with E-state index in [0.29, 0.717) is 16.9 Å². The number of terminal acetylenes is 1. The standard InChI is InChI=1S/C21H18N2OS/c1-4-12-23-19(18-11-10-15(2)13-16(18)3)14-25-21(23)22-20(24)17-8-6-5-7-9-17/h1,5-11,13-14H,12H2,2-3H3/b22-21-. The number of hydrogen-bond donors (Lipinski definition) is 0. The molecule has 1 amide bonds. The summed E-state index contributed by atoms with van der Waals surface area (Å²) in [5.74, 6) is 2.40. The van der Waals surface area contributed by atoms with Gasteiger partial charge >= 0.3 is 0 Å². The number of carbonyl (C=O) groups is 1. The van der Waals surface area contributed by atoms with Crippen molar-refractivity contribution in [1.82, 2.24) is 4.57 Å². The van der Waals surface area contributed by atoms with Crippen LogP contribution in [0.1, 0.15) is 21.5 Å². The molecule has 0 aliphatic carbocycles. The summed E-state index contributed by atoms with van der Waals surface area (Å²) in [6.07, 6.45) is 5.55. The molecule has 0 unspecified atom stereocenters. The fourth-order valence-electron chi connectivity index (χ4n) is 2.71. The number of aromatic nitrogens is 1. The molecule has 0 spiro atoms. The van der Waals surface area contributed by atoms with Crippen molar-refractivity contribution < 1.29 is 4.79 Å². The van der Waals surface area contributed by atoms with Crippen molar-refractivity contribution in [2.75, 3.05) is 0 Å². The molecule has 0 aliphatic rings. The van der Waals surface area contributed by atoms with Gasteiger partial charge in [0.2, 0.25) is 0 Å². The van der Waals surface area contributed by atoms with Crippen LogP contribution in [0.4, 0.5) is 0 Å². The van der Waals surface area contributed by atoms with Crippen molar-refractivity contribution in [1.29, 1.82) is 0 Å². The van der Waals surface area contributed by atoms with E-state index < -0.39 is 0 Å². The van der Waals surface area contributed by atoms with E-state index in [1.807, 2.05) is 28.1 Å².